The summed E-state index contributed by atoms with van der Waals surface area (Å²) in [4.78, 5) is 0. The normalized spacial score (nSPS) is 27.6. The van der Waals surface area contributed by atoms with Gasteiger partial charge in [0.15, 0.2) is 0 Å². The minimum absolute atomic E-state index is 1.08. The van der Waals surface area contributed by atoms with Crippen LogP contribution in [0.5, 0.6) is 0 Å². The van der Waals surface area contributed by atoms with E-state index in [2.05, 4.69) is 13.8 Å². The molecule has 1 rings (SSSR count). The predicted octanol–water partition coefficient (Wildman–Crippen LogP) is 5.56. The van der Waals surface area contributed by atoms with Crippen molar-refractivity contribution in [1.82, 2.24) is 0 Å². The number of hydrogen-bond acceptors (Lipinski definition) is 0. The molecule has 0 saturated heterocycles. The Labute approximate surface area is 96.8 Å². The molecular weight excluding hydrogens is 180 g/mol. The zero-order valence-corrected chi connectivity index (χ0v) is 10.9. The highest BCUT2D eigenvalue weighted by molar-refractivity contribution is 4.74. The van der Waals surface area contributed by atoms with Gasteiger partial charge in [-0.15, -0.1) is 0 Å². The molecule has 2 unspecified atom stereocenters. The molecule has 0 aromatic carbocycles. The van der Waals surface area contributed by atoms with Crippen molar-refractivity contribution in [3.05, 3.63) is 0 Å². The maximum atomic E-state index is 2.33. The Kier molecular flexibility index (Phi) is 7.13. The molecule has 90 valence electrons. The number of hydrogen-bond donors (Lipinski definition) is 0. The molecule has 1 aliphatic carbocycles. The Morgan fingerprint density at radius 3 is 1.60 bits per heavy atom. The summed E-state index contributed by atoms with van der Waals surface area (Å²) in [5.41, 5.74) is 0. The molecule has 0 nitrogen and oxygen atoms in total. The van der Waals surface area contributed by atoms with E-state index in [-0.39, 0.29) is 0 Å². The van der Waals surface area contributed by atoms with Gasteiger partial charge in [-0.3, -0.25) is 0 Å². The fraction of sp³-hybridized carbons (Fsp3) is 1.00. The van der Waals surface area contributed by atoms with Crippen molar-refractivity contribution >= 4 is 0 Å². The standard InChI is InChI=1S/C15H30/c1-3-5-10-14-12-8-7-9-13-15(14)11-6-4-2/h14-15H,3-13H2,1-2H3. The van der Waals surface area contributed by atoms with Gasteiger partial charge in [-0.2, -0.15) is 0 Å². The first-order chi connectivity index (χ1) is 7.38. The molecule has 0 amide bonds. The molecule has 0 N–H and O–H groups in total. The Balaban J connectivity index is 2.35. The minimum Gasteiger partial charge on any atom is -0.0654 e. The Morgan fingerprint density at radius 1 is 0.733 bits per heavy atom. The topological polar surface area (TPSA) is 0 Å². The van der Waals surface area contributed by atoms with E-state index in [0.29, 0.717) is 0 Å². The van der Waals surface area contributed by atoms with Crippen molar-refractivity contribution in [1.29, 1.82) is 0 Å². The summed E-state index contributed by atoms with van der Waals surface area (Å²) < 4.78 is 0. The zero-order chi connectivity index (χ0) is 10.9. The number of rotatable bonds is 6. The molecule has 0 heteroatoms. The third-order valence-corrected chi connectivity index (χ3v) is 4.17. The minimum atomic E-state index is 1.08. The van der Waals surface area contributed by atoms with Crippen LogP contribution in [0.4, 0.5) is 0 Å². The predicted molar refractivity (Wildman–Crippen MR) is 69.1 cm³/mol. The third kappa shape index (κ3) is 5.04. The van der Waals surface area contributed by atoms with Gasteiger partial charge in [0.05, 0.1) is 0 Å². The van der Waals surface area contributed by atoms with Gasteiger partial charge in [-0.05, 0) is 11.8 Å². The van der Waals surface area contributed by atoms with Gasteiger partial charge in [0.1, 0.15) is 0 Å². The van der Waals surface area contributed by atoms with Gasteiger partial charge in [0.25, 0.3) is 0 Å². The average molecular weight is 210 g/mol. The molecule has 0 spiro atoms. The second-order valence-corrected chi connectivity index (χ2v) is 5.44. The van der Waals surface area contributed by atoms with Crippen LogP contribution in [0.3, 0.4) is 0 Å². The van der Waals surface area contributed by atoms with Gasteiger partial charge >= 0.3 is 0 Å². The van der Waals surface area contributed by atoms with Gasteiger partial charge in [0.2, 0.25) is 0 Å². The van der Waals surface area contributed by atoms with E-state index in [1.54, 1.807) is 0 Å². The Morgan fingerprint density at radius 2 is 1.20 bits per heavy atom. The van der Waals surface area contributed by atoms with Crippen molar-refractivity contribution in [3.8, 4) is 0 Å². The molecule has 0 aromatic rings. The molecule has 0 radical (unpaired) electrons. The molecule has 0 heterocycles. The lowest BCUT2D eigenvalue weighted by Gasteiger charge is -2.25. The third-order valence-electron chi connectivity index (χ3n) is 4.17. The van der Waals surface area contributed by atoms with Gasteiger partial charge in [-0.25, -0.2) is 0 Å². The SMILES string of the molecule is CCCCC1CCCCCC1CCCC. The summed E-state index contributed by atoms with van der Waals surface area (Å²) in [6.45, 7) is 4.66. The van der Waals surface area contributed by atoms with E-state index in [4.69, 9.17) is 0 Å². The monoisotopic (exact) mass is 210 g/mol. The maximum absolute atomic E-state index is 2.33. The molecule has 1 fully saturated rings. The molecule has 0 aromatic heterocycles. The Bertz CT molecular complexity index is 123. The van der Waals surface area contributed by atoms with Gasteiger partial charge in [-0.1, -0.05) is 84.5 Å². The lowest BCUT2D eigenvalue weighted by molar-refractivity contribution is 0.267. The molecule has 0 bridgehead atoms. The highest BCUT2D eigenvalue weighted by Crippen LogP contribution is 2.35. The van der Waals surface area contributed by atoms with E-state index in [1.807, 2.05) is 0 Å². The smallest absolute Gasteiger partial charge is 0.0386 e. The number of unbranched alkanes of at least 4 members (excludes halogenated alkanes) is 2. The summed E-state index contributed by atoms with van der Waals surface area (Å²) in [5, 5.41) is 0. The van der Waals surface area contributed by atoms with Crippen molar-refractivity contribution in [3.63, 3.8) is 0 Å². The van der Waals surface area contributed by atoms with Crippen molar-refractivity contribution in [2.45, 2.75) is 84.5 Å². The molecule has 15 heavy (non-hydrogen) atoms. The highest BCUT2D eigenvalue weighted by Gasteiger charge is 2.22. The van der Waals surface area contributed by atoms with Crippen LogP contribution >= 0.6 is 0 Å². The zero-order valence-electron chi connectivity index (χ0n) is 10.9. The molecule has 2 atom stereocenters. The van der Waals surface area contributed by atoms with Crippen LogP contribution in [0.25, 0.3) is 0 Å². The van der Waals surface area contributed by atoms with Crippen molar-refractivity contribution < 1.29 is 0 Å². The Hall–Kier alpha value is 0. The molecule has 1 aliphatic rings. The van der Waals surface area contributed by atoms with E-state index in [0.717, 1.165) is 11.8 Å². The first-order valence-corrected chi connectivity index (χ1v) is 7.38. The molecular formula is C15H30. The largest absolute Gasteiger partial charge is 0.0654 e. The van der Waals surface area contributed by atoms with E-state index < -0.39 is 0 Å². The van der Waals surface area contributed by atoms with Crippen molar-refractivity contribution in [2.24, 2.45) is 11.8 Å². The highest BCUT2D eigenvalue weighted by atomic mass is 14.3. The van der Waals surface area contributed by atoms with Crippen LogP contribution in [0, 0.1) is 11.8 Å². The van der Waals surface area contributed by atoms with Crippen molar-refractivity contribution in [2.75, 3.05) is 0 Å². The maximum Gasteiger partial charge on any atom is -0.0386 e. The lowest BCUT2D eigenvalue weighted by atomic mass is 9.81. The lowest BCUT2D eigenvalue weighted by Crippen LogP contribution is -2.13. The van der Waals surface area contributed by atoms with Crippen LogP contribution in [0.1, 0.15) is 84.5 Å². The first kappa shape index (κ1) is 13.1. The second kappa shape index (κ2) is 8.19. The fourth-order valence-electron chi connectivity index (χ4n) is 3.15. The summed E-state index contributed by atoms with van der Waals surface area (Å²) in [6, 6.07) is 0. The summed E-state index contributed by atoms with van der Waals surface area (Å²) >= 11 is 0. The van der Waals surface area contributed by atoms with E-state index in [9.17, 15) is 0 Å². The van der Waals surface area contributed by atoms with Gasteiger partial charge in [0, 0.05) is 0 Å². The van der Waals surface area contributed by atoms with Crippen LogP contribution in [0.15, 0.2) is 0 Å². The summed E-state index contributed by atoms with van der Waals surface area (Å²) in [6.07, 6.45) is 16.3. The van der Waals surface area contributed by atoms with Crippen LogP contribution in [0.2, 0.25) is 0 Å². The van der Waals surface area contributed by atoms with Crippen LogP contribution < -0.4 is 0 Å². The average Bonchev–Trinajstić information content (AvgIpc) is 2.48. The van der Waals surface area contributed by atoms with E-state index in [1.165, 1.54) is 70.6 Å². The molecule has 1 saturated carbocycles. The quantitative estimate of drug-likeness (QED) is 0.503. The molecule has 0 aliphatic heterocycles. The van der Waals surface area contributed by atoms with Crippen LogP contribution in [-0.4, -0.2) is 0 Å². The van der Waals surface area contributed by atoms with E-state index >= 15 is 0 Å². The fourth-order valence-corrected chi connectivity index (χ4v) is 3.15. The summed E-state index contributed by atoms with van der Waals surface area (Å²) in [7, 11) is 0. The first-order valence-electron chi connectivity index (χ1n) is 7.38. The second-order valence-electron chi connectivity index (χ2n) is 5.44. The summed E-state index contributed by atoms with van der Waals surface area (Å²) in [5.74, 6) is 2.16. The van der Waals surface area contributed by atoms with Crippen LogP contribution in [-0.2, 0) is 0 Å². The van der Waals surface area contributed by atoms with Gasteiger partial charge < -0.3 is 0 Å².